The lowest BCUT2D eigenvalue weighted by atomic mass is 10.1. The highest BCUT2D eigenvalue weighted by Gasteiger charge is 2.19. The SMILES string of the molecule is CC/C=C\C/C=C\C/C=C\C/C=C\C/C=C\C/C=C\CCCCC(=O)OCC(COC(=O)CCCCCCC)OC(=O)CCCCCCCCC/C=C\C/C=C\CCCCCC. The highest BCUT2D eigenvalue weighted by molar-refractivity contribution is 5.71. The number of carbonyl (C=O) groups excluding carboxylic acids is 3. The maximum Gasteiger partial charge on any atom is 0.306 e. The van der Waals surface area contributed by atoms with Crippen LogP contribution in [0.3, 0.4) is 0 Å². The van der Waals surface area contributed by atoms with Crippen molar-refractivity contribution in [2.24, 2.45) is 0 Å². The van der Waals surface area contributed by atoms with Crippen LogP contribution in [0.15, 0.2) is 97.2 Å². The Morgan fingerprint density at radius 3 is 1.03 bits per heavy atom. The number of carbonyl (C=O) groups is 3. The van der Waals surface area contributed by atoms with Gasteiger partial charge in [-0.3, -0.25) is 14.4 Å². The molecule has 0 N–H and O–H groups in total. The smallest absolute Gasteiger partial charge is 0.306 e. The first-order valence-electron chi connectivity index (χ1n) is 25.2. The molecule has 0 heterocycles. The Hall–Kier alpha value is -3.67. The fourth-order valence-electron chi connectivity index (χ4n) is 6.53. The molecule has 0 amide bonds. The van der Waals surface area contributed by atoms with Crippen molar-refractivity contribution in [1.29, 1.82) is 0 Å². The van der Waals surface area contributed by atoms with E-state index in [0.29, 0.717) is 19.3 Å². The van der Waals surface area contributed by atoms with Gasteiger partial charge in [-0.25, -0.2) is 0 Å². The van der Waals surface area contributed by atoms with Crippen LogP contribution < -0.4 is 0 Å². The molecule has 6 nitrogen and oxygen atoms in total. The fraction of sp³-hybridized carbons (Fsp3) is 0.661. The van der Waals surface area contributed by atoms with Gasteiger partial charge >= 0.3 is 17.9 Å². The highest BCUT2D eigenvalue weighted by Crippen LogP contribution is 2.13. The maximum atomic E-state index is 12.7. The average Bonchev–Trinajstić information content (AvgIpc) is 3.27. The minimum atomic E-state index is -0.796. The van der Waals surface area contributed by atoms with E-state index in [-0.39, 0.29) is 31.1 Å². The Morgan fingerprint density at radius 2 is 0.629 bits per heavy atom. The first-order valence-corrected chi connectivity index (χ1v) is 25.2. The second kappa shape index (κ2) is 50.0. The summed E-state index contributed by atoms with van der Waals surface area (Å²) >= 11 is 0. The van der Waals surface area contributed by atoms with Crippen LogP contribution in [-0.4, -0.2) is 37.2 Å². The van der Waals surface area contributed by atoms with Gasteiger partial charge in [0.15, 0.2) is 6.10 Å². The Balaban J connectivity index is 4.29. The van der Waals surface area contributed by atoms with Crippen molar-refractivity contribution in [3.63, 3.8) is 0 Å². The summed E-state index contributed by atoms with van der Waals surface area (Å²) in [5.41, 5.74) is 0. The molecule has 1 atom stereocenters. The number of esters is 3. The van der Waals surface area contributed by atoms with E-state index in [9.17, 15) is 14.4 Å². The van der Waals surface area contributed by atoms with E-state index >= 15 is 0 Å². The lowest BCUT2D eigenvalue weighted by Gasteiger charge is -2.18. The van der Waals surface area contributed by atoms with Gasteiger partial charge in [0.25, 0.3) is 0 Å². The molecule has 0 radical (unpaired) electrons. The quantitative estimate of drug-likeness (QED) is 0.0263. The maximum absolute atomic E-state index is 12.7. The van der Waals surface area contributed by atoms with Crippen LogP contribution in [0, 0.1) is 0 Å². The zero-order valence-corrected chi connectivity index (χ0v) is 40.1. The summed E-state index contributed by atoms with van der Waals surface area (Å²) in [7, 11) is 0. The summed E-state index contributed by atoms with van der Waals surface area (Å²) in [5.74, 6) is -0.969. The van der Waals surface area contributed by atoms with Gasteiger partial charge in [-0.2, -0.15) is 0 Å². The van der Waals surface area contributed by atoms with Crippen LogP contribution in [0.1, 0.15) is 220 Å². The van der Waals surface area contributed by atoms with Crippen LogP contribution >= 0.6 is 0 Å². The first-order chi connectivity index (χ1) is 30.5. The lowest BCUT2D eigenvalue weighted by Crippen LogP contribution is -2.30. The van der Waals surface area contributed by atoms with E-state index in [0.717, 1.165) is 122 Å². The molecule has 0 bridgehead atoms. The normalized spacial score (nSPS) is 12.9. The third-order valence-corrected chi connectivity index (χ3v) is 10.3. The topological polar surface area (TPSA) is 78.9 Å². The van der Waals surface area contributed by atoms with Crippen molar-refractivity contribution >= 4 is 17.9 Å². The van der Waals surface area contributed by atoms with Gasteiger partial charge in [-0.05, 0) is 103 Å². The molecule has 0 fully saturated rings. The molecule has 0 rings (SSSR count). The summed E-state index contributed by atoms with van der Waals surface area (Å²) < 4.78 is 16.6. The Labute approximate surface area is 381 Å². The molecule has 62 heavy (non-hydrogen) atoms. The van der Waals surface area contributed by atoms with E-state index in [1.54, 1.807) is 0 Å². The van der Waals surface area contributed by atoms with Crippen molar-refractivity contribution in [2.45, 2.75) is 226 Å². The van der Waals surface area contributed by atoms with Crippen LogP contribution in [0.4, 0.5) is 0 Å². The van der Waals surface area contributed by atoms with E-state index in [4.69, 9.17) is 14.2 Å². The summed E-state index contributed by atoms with van der Waals surface area (Å²) in [6.07, 6.45) is 65.7. The van der Waals surface area contributed by atoms with Crippen LogP contribution in [0.5, 0.6) is 0 Å². The molecular weight excluding hydrogens is 769 g/mol. The number of hydrogen-bond donors (Lipinski definition) is 0. The van der Waals surface area contributed by atoms with Crippen LogP contribution in [-0.2, 0) is 28.6 Å². The Bertz CT molecular complexity index is 1260. The van der Waals surface area contributed by atoms with E-state index in [1.807, 2.05) is 0 Å². The molecule has 0 aliphatic rings. The number of unbranched alkanes of at least 4 members (excludes halogenated alkanes) is 17. The molecule has 0 saturated heterocycles. The van der Waals surface area contributed by atoms with E-state index < -0.39 is 6.10 Å². The third kappa shape index (κ3) is 47.4. The summed E-state index contributed by atoms with van der Waals surface area (Å²) in [4.78, 5) is 37.6. The Morgan fingerprint density at radius 1 is 0.339 bits per heavy atom. The molecule has 6 heteroatoms. The molecular formula is C56H92O6. The number of hydrogen-bond acceptors (Lipinski definition) is 6. The van der Waals surface area contributed by atoms with Crippen LogP contribution in [0.25, 0.3) is 0 Å². The predicted molar refractivity (Wildman–Crippen MR) is 265 cm³/mol. The van der Waals surface area contributed by atoms with Gasteiger partial charge in [0.05, 0.1) is 0 Å². The molecule has 0 saturated carbocycles. The number of ether oxygens (including phenoxy) is 3. The van der Waals surface area contributed by atoms with Crippen molar-refractivity contribution in [3.05, 3.63) is 97.2 Å². The van der Waals surface area contributed by atoms with Crippen molar-refractivity contribution < 1.29 is 28.6 Å². The minimum absolute atomic E-state index is 0.0967. The third-order valence-electron chi connectivity index (χ3n) is 10.3. The molecule has 0 aromatic heterocycles. The fourth-order valence-corrected chi connectivity index (χ4v) is 6.53. The first kappa shape index (κ1) is 58.3. The molecule has 1 unspecified atom stereocenters. The van der Waals surface area contributed by atoms with Gasteiger partial charge < -0.3 is 14.2 Å². The lowest BCUT2D eigenvalue weighted by molar-refractivity contribution is -0.167. The zero-order chi connectivity index (χ0) is 45.1. The number of allylic oxidation sites excluding steroid dienone is 16. The second-order valence-corrected chi connectivity index (χ2v) is 16.3. The summed E-state index contributed by atoms with van der Waals surface area (Å²) in [5, 5.41) is 0. The van der Waals surface area contributed by atoms with Crippen molar-refractivity contribution in [2.75, 3.05) is 13.2 Å². The average molecular weight is 861 g/mol. The number of rotatable bonds is 44. The molecule has 0 spiro atoms. The standard InChI is InChI=1S/C56H92O6/c1-4-7-10-13-15-17-19-21-23-25-27-28-29-31-32-34-36-38-40-43-46-49-55(58)61-52-53(51-60-54(57)48-45-42-12-9-6-3)62-56(59)50-47-44-41-39-37-35-33-30-26-24-22-20-18-16-14-11-8-5-2/h7,10,15,17-18,20-21,23-24,26-28,31-32,36,38,53H,4-6,8-9,11-14,16,19,22,25,29-30,33-35,37,39-52H2,1-3H3/b10-7-,17-15-,20-18-,23-21-,26-24-,28-27-,32-31-,38-36-. The van der Waals surface area contributed by atoms with E-state index in [2.05, 4.69) is 118 Å². The van der Waals surface area contributed by atoms with Gasteiger partial charge in [0.2, 0.25) is 0 Å². The second-order valence-electron chi connectivity index (χ2n) is 16.3. The molecule has 0 aromatic carbocycles. The van der Waals surface area contributed by atoms with Crippen molar-refractivity contribution in [1.82, 2.24) is 0 Å². The molecule has 352 valence electrons. The van der Waals surface area contributed by atoms with Gasteiger partial charge in [0, 0.05) is 19.3 Å². The predicted octanol–water partition coefficient (Wildman–Crippen LogP) is 16.6. The largest absolute Gasteiger partial charge is 0.462 e. The summed E-state index contributed by atoms with van der Waals surface area (Å²) in [6, 6.07) is 0. The highest BCUT2D eigenvalue weighted by atomic mass is 16.6. The van der Waals surface area contributed by atoms with Crippen LogP contribution in [0.2, 0.25) is 0 Å². The molecule has 0 aromatic rings. The van der Waals surface area contributed by atoms with Crippen molar-refractivity contribution in [3.8, 4) is 0 Å². The molecule has 0 aliphatic heterocycles. The minimum Gasteiger partial charge on any atom is -0.462 e. The molecule has 0 aliphatic carbocycles. The van der Waals surface area contributed by atoms with E-state index in [1.165, 1.54) is 57.8 Å². The Kier molecular flexibility index (Phi) is 47.0. The monoisotopic (exact) mass is 861 g/mol. The zero-order valence-electron chi connectivity index (χ0n) is 40.1. The van der Waals surface area contributed by atoms with Gasteiger partial charge in [-0.15, -0.1) is 0 Å². The summed E-state index contributed by atoms with van der Waals surface area (Å²) in [6.45, 7) is 6.36. The van der Waals surface area contributed by atoms with Gasteiger partial charge in [0.1, 0.15) is 13.2 Å². The van der Waals surface area contributed by atoms with Gasteiger partial charge in [-0.1, -0.05) is 195 Å².